The van der Waals surface area contributed by atoms with Crippen LogP contribution in [0.3, 0.4) is 0 Å². The maximum atomic E-state index is 12.7. The van der Waals surface area contributed by atoms with Crippen molar-refractivity contribution in [3.63, 3.8) is 0 Å². The number of hydrogen-bond donors (Lipinski definition) is 4. The highest BCUT2D eigenvalue weighted by Gasteiger charge is 2.39. The molecule has 0 bridgehead atoms. The number of nitrogens with one attached hydrogen (secondary N) is 4. The van der Waals surface area contributed by atoms with Crippen molar-refractivity contribution in [2.45, 2.75) is 31.9 Å². The molecule has 0 radical (unpaired) electrons. The molecule has 2 aromatic rings. The predicted octanol–water partition coefficient (Wildman–Crippen LogP) is 3.45. The number of halogens is 1. The van der Waals surface area contributed by atoms with Crippen LogP contribution in [0.15, 0.2) is 48.5 Å². The molecule has 3 amide bonds. The zero-order valence-corrected chi connectivity index (χ0v) is 18.1. The number of amides is 3. The second-order valence-electron chi connectivity index (χ2n) is 7.28. The van der Waals surface area contributed by atoms with Gasteiger partial charge in [0, 0.05) is 25.0 Å². The number of carbonyl (C=O) groups excluding carboxylic acids is 2. The standard InChI is InChI=1S/C22H28N4O3.ClH/c1-16-5-3-7-18(13-16)25-21(28)26-19-8-4-6-17(14-19)15-24-20(27)22(29-2)9-11-23-12-10-22;/h3-8,13-14,23H,9-12,15H2,1-2H3,(H,24,27)(H2,25,26,28);1H. The summed E-state index contributed by atoms with van der Waals surface area (Å²) in [6, 6.07) is 14.7. The Hall–Kier alpha value is -2.61. The molecule has 30 heavy (non-hydrogen) atoms. The van der Waals surface area contributed by atoms with Crippen LogP contribution in [0.5, 0.6) is 0 Å². The van der Waals surface area contributed by atoms with E-state index < -0.39 is 5.60 Å². The van der Waals surface area contributed by atoms with E-state index in [2.05, 4.69) is 21.3 Å². The molecule has 0 spiro atoms. The Balaban J connectivity index is 0.00000320. The quantitative estimate of drug-likeness (QED) is 0.562. The van der Waals surface area contributed by atoms with Crippen molar-refractivity contribution in [2.75, 3.05) is 30.8 Å². The molecule has 3 rings (SSSR count). The van der Waals surface area contributed by atoms with Crippen LogP contribution in [0.4, 0.5) is 16.2 Å². The summed E-state index contributed by atoms with van der Waals surface area (Å²) in [7, 11) is 1.59. The van der Waals surface area contributed by atoms with Crippen LogP contribution in [-0.2, 0) is 16.1 Å². The average Bonchev–Trinajstić information content (AvgIpc) is 2.72. The fourth-order valence-corrected chi connectivity index (χ4v) is 3.47. The third kappa shape index (κ3) is 6.19. The first kappa shape index (κ1) is 23.7. The van der Waals surface area contributed by atoms with Gasteiger partial charge in [-0.05, 0) is 68.2 Å². The number of benzene rings is 2. The van der Waals surface area contributed by atoms with Crippen molar-refractivity contribution in [3.8, 4) is 0 Å². The Labute approximate surface area is 183 Å². The molecule has 1 heterocycles. The Bertz CT molecular complexity index is 869. The first-order chi connectivity index (χ1) is 14.0. The summed E-state index contributed by atoms with van der Waals surface area (Å²) in [5.41, 5.74) is 2.59. The van der Waals surface area contributed by atoms with Crippen molar-refractivity contribution in [1.82, 2.24) is 10.6 Å². The van der Waals surface area contributed by atoms with Gasteiger partial charge < -0.3 is 26.0 Å². The highest BCUT2D eigenvalue weighted by Crippen LogP contribution is 2.23. The summed E-state index contributed by atoms with van der Waals surface area (Å²) in [6.45, 7) is 3.86. The maximum Gasteiger partial charge on any atom is 0.323 e. The van der Waals surface area contributed by atoms with Crippen LogP contribution in [-0.4, -0.2) is 37.7 Å². The van der Waals surface area contributed by atoms with Crippen LogP contribution >= 0.6 is 12.4 Å². The maximum absolute atomic E-state index is 12.7. The van der Waals surface area contributed by atoms with Gasteiger partial charge in [-0.15, -0.1) is 12.4 Å². The normalized spacial score (nSPS) is 14.9. The summed E-state index contributed by atoms with van der Waals surface area (Å²) in [6.07, 6.45) is 1.30. The molecule has 4 N–H and O–H groups in total. The predicted molar refractivity (Wildman–Crippen MR) is 121 cm³/mol. The van der Waals surface area contributed by atoms with Crippen molar-refractivity contribution in [2.24, 2.45) is 0 Å². The molecular weight excluding hydrogens is 404 g/mol. The monoisotopic (exact) mass is 432 g/mol. The highest BCUT2D eigenvalue weighted by molar-refractivity contribution is 5.99. The molecule has 0 atom stereocenters. The van der Waals surface area contributed by atoms with Crippen LogP contribution in [0.2, 0.25) is 0 Å². The second-order valence-corrected chi connectivity index (χ2v) is 7.28. The first-order valence-corrected chi connectivity index (χ1v) is 9.78. The summed E-state index contributed by atoms with van der Waals surface area (Å²) >= 11 is 0. The molecule has 162 valence electrons. The SMILES string of the molecule is COC1(C(=O)NCc2cccc(NC(=O)Nc3cccc(C)c3)c2)CCNCC1.Cl. The van der Waals surface area contributed by atoms with Gasteiger partial charge in [0.15, 0.2) is 0 Å². The molecule has 0 saturated carbocycles. The van der Waals surface area contributed by atoms with E-state index in [1.165, 1.54) is 0 Å². The Morgan fingerprint density at radius 3 is 2.30 bits per heavy atom. The van der Waals surface area contributed by atoms with Gasteiger partial charge in [0.25, 0.3) is 5.91 Å². The number of methoxy groups -OCH3 is 1. The molecule has 1 fully saturated rings. The van der Waals surface area contributed by atoms with Gasteiger partial charge >= 0.3 is 6.03 Å². The fraction of sp³-hybridized carbons (Fsp3) is 0.364. The number of rotatable bonds is 6. The average molecular weight is 433 g/mol. The van der Waals surface area contributed by atoms with Gasteiger partial charge in [-0.3, -0.25) is 4.79 Å². The first-order valence-electron chi connectivity index (χ1n) is 9.78. The van der Waals surface area contributed by atoms with Gasteiger partial charge in [0.2, 0.25) is 0 Å². The van der Waals surface area contributed by atoms with Crippen LogP contribution in [0.1, 0.15) is 24.0 Å². The molecule has 8 heteroatoms. The highest BCUT2D eigenvalue weighted by atomic mass is 35.5. The number of aryl methyl sites for hydroxylation is 1. The summed E-state index contributed by atoms with van der Waals surface area (Å²) in [5, 5.41) is 11.8. The molecular formula is C22H29ClN4O3. The van der Waals surface area contributed by atoms with E-state index in [4.69, 9.17) is 4.74 Å². The second kappa shape index (κ2) is 11.0. The van der Waals surface area contributed by atoms with Crippen molar-refractivity contribution >= 4 is 35.7 Å². The lowest BCUT2D eigenvalue weighted by Gasteiger charge is -2.34. The number of carbonyl (C=O) groups is 2. The van der Waals surface area contributed by atoms with E-state index in [9.17, 15) is 9.59 Å². The zero-order valence-electron chi connectivity index (χ0n) is 17.3. The number of ether oxygens (including phenoxy) is 1. The number of piperidine rings is 1. The van der Waals surface area contributed by atoms with Crippen molar-refractivity contribution in [3.05, 3.63) is 59.7 Å². The molecule has 0 aliphatic carbocycles. The van der Waals surface area contributed by atoms with Crippen LogP contribution < -0.4 is 21.3 Å². The smallest absolute Gasteiger partial charge is 0.323 e. The zero-order chi connectivity index (χ0) is 20.7. The largest absolute Gasteiger partial charge is 0.368 e. The van der Waals surface area contributed by atoms with E-state index in [1.54, 1.807) is 7.11 Å². The summed E-state index contributed by atoms with van der Waals surface area (Å²) in [5.74, 6) is -0.1000. The fourth-order valence-electron chi connectivity index (χ4n) is 3.47. The third-order valence-electron chi connectivity index (χ3n) is 5.13. The number of hydrogen-bond acceptors (Lipinski definition) is 4. The lowest BCUT2D eigenvalue weighted by Crippen LogP contribution is -2.53. The molecule has 0 unspecified atom stereocenters. The van der Waals surface area contributed by atoms with Gasteiger partial charge in [-0.25, -0.2) is 4.79 Å². The van der Waals surface area contributed by atoms with Crippen molar-refractivity contribution in [1.29, 1.82) is 0 Å². The minimum Gasteiger partial charge on any atom is -0.368 e. The van der Waals surface area contributed by atoms with Gasteiger partial charge in [-0.1, -0.05) is 24.3 Å². The molecule has 1 aliphatic heterocycles. The van der Waals surface area contributed by atoms with Gasteiger partial charge in [-0.2, -0.15) is 0 Å². The third-order valence-corrected chi connectivity index (χ3v) is 5.13. The topological polar surface area (TPSA) is 91.5 Å². The molecule has 7 nitrogen and oxygen atoms in total. The van der Waals surface area contributed by atoms with E-state index in [-0.39, 0.29) is 24.3 Å². The van der Waals surface area contributed by atoms with Crippen LogP contribution in [0, 0.1) is 6.92 Å². The lowest BCUT2D eigenvalue weighted by molar-refractivity contribution is -0.146. The van der Waals surface area contributed by atoms with E-state index in [1.807, 2.05) is 55.5 Å². The summed E-state index contributed by atoms with van der Waals surface area (Å²) < 4.78 is 5.55. The minimum atomic E-state index is -0.769. The minimum absolute atomic E-state index is 0. The summed E-state index contributed by atoms with van der Waals surface area (Å²) in [4.78, 5) is 24.9. The van der Waals surface area contributed by atoms with E-state index >= 15 is 0 Å². The van der Waals surface area contributed by atoms with Gasteiger partial charge in [0.1, 0.15) is 5.60 Å². The number of anilines is 2. The molecule has 1 saturated heterocycles. The van der Waals surface area contributed by atoms with E-state index in [0.717, 1.165) is 29.9 Å². The van der Waals surface area contributed by atoms with Gasteiger partial charge in [0.05, 0.1) is 0 Å². The molecule has 1 aliphatic rings. The molecule has 0 aromatic heterocycles. The Morgan fingerprint density at radius 1 is 1.03 bits per heavy atom. The lowest BCUT2D eigenvalue weighted by atomic mass is 9.91. The van der Waals surface area contributed by atoms with Crippen molar-refractivity contribution < 1.29 is 14.3 Å². The Morgan fingerprint density at radius 2 is 1.67 bits per heavy atom. The van der Waals surface area contributed by atoms with Crippen LogP contribution in [0.25, 0.3) is 0 Å². The number of urea groups is 1. The Kier molecular flexibility index (Phi) is 8.65. The van der Waals surface area contributed by atoms with E-state index in [0.29, 0.717) is 25.1 Å². The molecule has 2 aromatic carbocycles.